The molecule has 0 aliphatic carbocycles. The molecule has 0 radical (unpaired) electrons. The van der Waals surface area contributed by atoms with Crippen LogP contribution in [0.3, 0.4) is 0 Å². The Bertz CT molecular complexity index is 265. The molecule has 2 N–H and O–H groups in total. The first kappa shape index (κ1) is 12.7. The highest BCUT2D eigenvalue weighted by atomic mass is 32.1. The zero-order chi connectivity index (χ0) is 11.3. The molecule has 0 amide bonds. The average Bonchev–Trinajstić information content (AvgIpc) is 2.77. The van der Waals surface area contributed by atoms with Gasteiger partial charge in [-0.05, 0) is 31.3 Å². The van der Waals surface area contributed by atoms with Crippen molar-refractivity contribution in [1.82, 2.24) is 4.90 Å². The number of nitrogens with zero attached hydrogens (tertiary/aromatic N) is 1. The lowest BCUT2D eigenvalue weighted by Crippen LogP contribution is -2.50. The minimum Gasteiger partial charge on any atom is -0.329 e. The van der Waals surface area contributed by atoms with Crippen molar-refractivity contribution in [3.05, 3.63) is 22.4 Å². The van der Waals surface area contributed by atoms with E-state index in [-0.39, 0.29) is 5.54 Å². The summed E-state index contributed by atoms with van der Waals surface area (Å²) in [6.45, 7) is 9.48. The van der Waals surface area contributed by atoms with E-state index in [1.165, 1.54) is 4.88 Å². The number of hydrogen-bond acceptors (Lipinski definition) is 3. The first-order valence-corrected chi connectivity index (χ1v) is 6.51. The van der Waals surface area contributed by atoms with Gasteiger partial charge in [0, 0.05) is 23.5 Å². The van der Waals surface area contributed by atoms with E-state index in [4.69, 9.17) is 5.73 Å². The van der Waals surface area contributed by atoms with Gasteiger partial charge in [0.2, 0.25) is 0 Å². The van der Waals surface area contributed by atoms with E-state index in [9.17, 15) is 0 Å². The molecule has 1 heterocycles. The third-order valence-corrected chi connectivity index (χ3v) is 4.13. The zero-order valence-electron chi connectivity index (χ0n) is 9.99. The predicted octanol–water partition coefficient (Wildman–Crippen LogP) is 2.70. The predicted molar refractivity (Wildman–Crippen MR) is 68.2 cm³/mol. The van der Waals surface area contributed by atoms with Crippen molar-refractivity contribution in [3.8, 4) is 0 Å². The topological polar surface area (TPSA) is 29.3 Å². The number of nitrogens with two attached hydrogens (primary N) is 1. The molecule has 1 aromatic rings. The van der Waals surface area contributed by atoms with Crippen molar-refractivity contribution in [2.75, 3.05) is 13.1 Å². The largest absolute Gasteiger partial charge is 0.329 e. The van der Waals surface area contributed by atoms with Crippen LogP contribution in [0.2, 0.25) is 0 Å². The summed E-state index contributed by atoms with van der Waals surface area (Å²) >= 11 is 1.82. The highest BCUT2D eigenvalue weighted by molar-refractivity contribution is 7.09. The van der Waals surface area contributed by atoms with E-state index in [0.29, 0.717) is 0 Å². The minimum absolute atomic E-state index is 0.138. The van der Waals surface area contributed by atoms with Gasteiger partial charge in [0.15, 0.2) is 0 Å². The summed E-state index contributed by atoms with van der Waals surface area (Å²) in [6, 6.07) is 4.31. The van der Waals surface area contributed by atoms with Crippen LogP contribution in [0.15, 0.2) is 17.5 Å². The Labute approximate surface area is 97.1 Å². The van der Waals surface area contributed by atoms with Crippen molar-refractivity contribution >= 4 is 11.3 Å². The van der Waals surface area contributed by atoms with Crippen LogP contribution in [0.1, 0.15) is 32.1 Å². The zero-order valence-corrected chi connectivity index (χ0v) is 10.8. The second-order valence-electron chi connectivity index (χ2n) is 4.15. The Morgan fingerprint density at radius 1 is 1.47 bits per heavy atom. The summed E-state index contributed by atoms with van der Waals surface area (Å²) in [5.74, 6) is 0. The van der Waals surface area contributed by atoms with Gasteiger partial charge in [0.25, 0.3) is 0 Å². The summed E-state index contributed by atoms with van der Waals surface area (Å²) in [5, 5.41) is 2.13. The lowest BCUT2D eigenvalue weighted by molar-refractivity contribution is 0.105. The van der Waals surface area contributed by atoms with Crippen LogP contribution < -0.4 is 5.73 Å². The Hall–Kier alpha value is -0.380. The monoisotopic (exact) mass is 226 g/mol. The number of thiophene rings is 1. The quantitative estimate of drug-likeness (QED) is 0.808. The van der Waals surface area contributed by atoms with Crippen LogP contribution in [0.5, 0.6) is 0 Å². The summed E-state index contributed by atoms with van der Waals surface area (Å²) in [7, 11) is 0. The smallest absolute Gasteiger partial charge is 0.0333 e. The van der Waals surface area contributed by atoms with Gasteiger partial charge >= 0.3 is 0 Å². The lowest BCUT2D eigenvalue weighted by Gasteiger charge is -2.39. The Balaban J connectivity index is 2.70. The molecule has 15 heavy (non-hydrogen) atoms. The molecule has 0 saturated carbocycles. The fraction of sp³-hybridized carbons (Fsp3) is 0.667. The molecule has 0 spiro atoms. The molecule has 1 rings (SSSR count). The Morgan fingerprint density at radius 2 is 2.20 bits per heavy atom. The van der Waals surface area contributed by atoms with Crippen molar-refractivity contribution in [2.24, 2.45) is 5.73 Å². The molecule has 0 saturated heterocycles. The normalized spacial score (nSPS) is 15.5. The molecule has 1 atom stereocenters. The van der Waals surface area contributed by atoms with E-state index >= 15 is 0 Å². The van der Waals surface area contributed by atoms with Crippen molar-refractivity contribution < 1.29 is 0 Å². The van der Waals surface area contributed by atoms with E-state index in [1.54, 1.807) is 0 Å². The number of likely N-dealkylation sites (N-methyl/N-ethyl adjacent to an activating group) is 1. The first-order chi connectivity index (χ1) is 7.16. The van der Waals surface area contributed by atoms with Crippen LogP contribution in [-0.2, 0) is 6.54 Å². The van der Waals surface area contributed by atoms with Crippen LogP contribution in [0.25, 0.3) is 0 Å². The van der Waals surface area contributed by atoms with E-state index in [2.05, 4.69) is 43.2 Å². The second kappa shape index (κ2) is 5.64. The SMILES string of the molecule is CCN(Cc1cccs1)C(C)(CC)CN. The highest BCUT2D eigenvalue weighted by Crippen LogP contribution is 2.22. The molecule has 2 nitrogen and oxygen atoms in total. The second-order valence-corrected chi connectivity index (χ2v) is 5.18. The molecule has 1 unspecified atom stereocenters. The summed E-state index contributed by atoms with van der Waals surface area (Å²) in [5.41, 5.74) is 6.02. The van der Waals surface area contributed by atoms with Gasteiger partial charge in [-0.3, -0.25) is 4.90 Å². The van der Waals surface area contributed by atoms with Crippen LogP contribution >= 0.6 is 11.3 Å². The highest BCUT2D eigenvalue weighted by Gasteiger charge is 2.27. The third kappa shape index (κ3) is 3.03. The van der Waals surface area contributed by atoms with Gasteiger partial charge in [0.05, 0.1) is 0 Å². The molecule has 0 fully saturated rings. The average molecular weight is 226 g/mol. The van der Waals surface area contributed by atoms with E-state index in [0.717, 1.165) is 26.1 Å². The molecule has 0 aliphatic heterocycles. The maximum atomic E-state index is 5.88. The maximum absolute atomic E-state index is 5.88. The summed E-state index contributed by atoms with van der Waals surface area (Å²) in [6.07, 6.45) is 1.10. The van der Waals surface area contributed by atoms with E-state index in [1.807, 2.05) is 11.3 Å². The van der Waals surface area contributed by atoms with Gasteiger partial charge in [0.1, 0.15) is 0 Å². The van der Waals surface area contributed by atoms with Crippen molar-refractivity contribution in [3.63, 3.8) is 0 Å². The van der Waals surface area contributed by atoms with Crippen LogP contribution in [0, 0.1) is 0 Å². The number of rotatable bonds is 6. The molecule has 0 aliphatic rings. The van der Waals surface area contributed by atoms with Crippen molar-refractivity contribution in [1.29, 1.82) is 0 Å². The van der Waals surface area contributed by atoms with Gasteiger partial charge in [-0.15, -0.1) is 11.3 Å². The van der Waals surface area contributed by atoms with Gasteiger partial charge in [-0.25, -0.2) is 0 Å². The van der Waals surface area contributed by atoms with Gasteiger partial charge in [-0.1, -0.05) is 19.9 Å². The summed E-state index contributed by atoms with van der Waals surface area (Å²) < 4.78 is 0. The fourth-order valence-corrected chi connectivity index (χ4v) is 2.49. The molecule has 1 aromatic heterocycles. The molecular formula is C12H22N2S. The van der Waals surface area contributed by atoms with Crippen molar-refractivity contribution in [2.45, 2.75) is 39.3 Å². The van der Waals surface area contributed by atoms with Crippen LogP contribution in [-0.4, -0.2) is 23.5 Å². The minimum atomic E-state index is 0.138. The Kier molecular flexibility index (Phi) is 4.77. The van der Waals surface area contributed by atoms with Gasteiger partial charge < -0.3 is 5.73 Å². The molecular weight excluding hydrogens is 204 g/mol. The molecule has 0 bridgehead atoms. The molecule has 86 valence electrons. The first-order valence-electron chi connectivity index (χ1n) is 5.63. The van der Waals surface area contributed by atoms with E-state index < -0.39 is 0 Å². The lowest BCUT2D eigenvalue weighted by atomic mass is 9.96. The molecule has 0 aromatic carbocycles. The standard InChI is InChI=1S/C12H22N2S/c1-4-12(3,10-13)14(5-2)9-11-7-6-8-15-11/h6-8H,4-5,9-10,13H2,1-3H3. The summed E-state index contributed by atoms with van der Waals surface area (Å²) in [4.78, 5) is 3.89. The molecule has 3 heteroatoms. The maximum Gasteiger partial charge on any atom is 0.0333 e. The fourth-order valence-electron chi connectivity index (χ4n) is 1.77. The number of hydrogen-bond donors (Lipinski definition) is 1. The van der Waals surface area contributed by atoms with Gasteiger partial charge in [-0.2, -0.15) is 0 Å². The van der Waals surface area contributed by atoms with Crippen LogP contribution in [0.4, 0.5) is 0 Å². The third-order valence-electron chi connectivity index (χ3n) is 3.27. The Morgan fingerprint density at radius 3 is 2.60 bits per heavy atom.